The minimum atomic E-state index is 0.139. The second-order valence-electron chi connectivity index (χ2n) is 5.69. The van der Waals surface area contributed by atoms with Crippen LogP contribution in [0.4, 0.5) is 0 Å². The first-order valence-electron chi connectivity index (χ1n) is 7.50. The van der Waals surface area contributed by atoms with Gasteiger partial charge in [-0.05, 0) is 44.2 Å². The summed E-state index contributed by atoms with van der Waals surface area (Å²) >= 11 is 0. The molecule has 1 aromatic heterocycles. The van der Waals surface area contributed by atoms with Crippen LogP contribution in [0.25, 0.3) is 0 Å². The molecule has 3 heteroatoms. The molecule has 1 N–H and O–H groups in total. The Morgan fingerprint density at radius 2 is 2.15 bits per heavy atom. The molecule has 2 aromatic rings. The number of aryl methyl sites for hydroxylation is 2. The maximum absolute atomic E-state index is 5.63. The third kappa shape index (κ3) is 2.78. The Labute approximate surface area is 120 Å². The highest BCUT2D eigenvalue weighted by molar-refractivity contribution is 5.31. The fourth-order valence-corrected chi connectivity index (χ4v) is 3.04. The Kier molecular flexibility index (Phi) is 3.88. The van der Waals surface area contributed by atoms with Crippen molar-refractivity contribution in [1.82, 2.24) is 10.3 Å². The summed E-state index contributed by atoms with van der Waals surface area (Å²) in [6.07, 6.45) is 6.71. The summed E-state index contributed by atoms with van der Waals surface area (Å²) in [5.41, 5.74) is 2.93. The van der Waals surface area contributed by atoms with Crippen molar-refractivity contribution in [2.45, 2.75) is 51.6 Å². The summed E-state index contributed by atoms with van der Waals surface area (Å²) < 4.78 is 5.63. The van der Waals surface area contributed by atoms with Crippen molar-refractivity contribution in [2.24, 2.45) is 0 Å². The second-order valence-corrected chi connectivity index (χ2v) is 5.69. The van der Waals surface area contributed by atoms with Crippen LogP contribution in [0.15, 0.2) is 34.9 Å². The molecule has 1 aliphatic rings. The van der Waals surface area contributed by atoms with Crippen LogP contribution in [0, 0.1) is 6.92 Å². The number of oxazole rings is 1. The average Bonchev–Trinajstić information content (AvgIpc) is 2.79. The van der Waals surface area contributed by atoms with E-state index in [0.717, 1.165) is 11.7 Å². The SMILES string of the molecule is Cc1cnc(C(C)NC2CCCCc3ccccc32)o1. The van der Waals surface area contributed by atoms with Gasteiger partial charge in [0.15, 0.2) is 0 Å². The van der Waals surface area contributed by atoms with E-state index in [4.69, 9.17) is 4.42 Å². The predicted octanol–water partition coefficient (Wildman–Crippen LogP) is 4.10. The molecular formula is C17H22N2O. The first-order valence-corrected chi connectivity index (χ1v) is 7.50. The van der Waals surface area contributed by atoms with Crippen molar-refractivity contribution in [2.75, 3.05) is 0 Å². The molecule has 1 heterocycles. The van der Waals surface area contributed by atoms with Gasteiger partial charge >= 0.3 is 0 Å². The van der Waals surface area contributed by atoms with E-state index in [9.17, 15) is 0 Å². The first-order chi connectivity index (χ1) is 9.74. The van der Waals surface area contributed by atoms with Gasteiger partial charge in [0.25, 0.3) is 0 Å². The lowest BCUT2D eigenvalue weighted by molar-refractivity contribution is 0.361. The quantitative estimate of drug-likeness (QED) is 0.853. The number of benzene rings is 1. The normalized spacial score (nSPS) is 20.2. The zero-order valence-electron chi connectivity index (χ0n) is 12.2. The van der Waals surface area contributed by atoms with Crippen LogP contribution >= 0.6 is 0 Å². The Hall–Kier alpha value is -1.61. The summed E-state index contributed by atoms with van der Waals surface area (Å²) in [5, 5.41) is 3.69. The van der Waals surface area contributed by atoms with Gasteiger partial charge in [-0.15, -0.1) is 0 Å². The van der Waals surface area contributed by atoms with Crippen LogP contribution in [-0.2, 0) is 6.42 Å². The minimum absolute atomic E-state index is 0.139. The van der Waals surface area contributed by atoms with Crippen molar-refractivity contribution in [3.05, 3.63) is 53.2 Å². The molecule has 1 aromatic carbocycles. The topological polar surface area (TPSA) is 38.1 Å². The van der Waals surface area contributed by atoms with Crippen LogP contribution in [0.2, 0.25) is 0 Å². The molecule has 0 spiro atoms. The van der Waals surface area contributed by atoms with Gasteiger partial charge in [0.1, 0.15) is 5.76 Å². The Bertz CT molecular complexity index is 576. The van der Waals surface area contributed by atoms with E-state index in [1.54, 1.807) is 6.20 Å². The predicted molar refractivity (Wildman–Crippen MR) is 79.5 cm³/mol. The van der Waals surface area contributed by atoms with Crippen molar-refractivity contribution in [1.29, 1.82) is 0 Å². The summed E-state index contributed by atoms with van der Waals surface area (Å²) in [5.74, 6) is 1.65. The van der Waals surface area contributed by atoms with E-state index in [0.29, 0.717) is 6.04 Å². The maximum Gasteiger partial charge on any atom is 0.211 e. The van der Waals surface area contributed by atoms with Crippen LogP contribution < -0.4 is 5.32 Å². The van der Waals surface area contributed by atoms with Crippen molar-refractivity contribution in [3.8, 4) is 0 Å². The van der Waals surface area contributed by atoms with Crippen LogP contribution in [0.1, 0.15) is 61.0 Å². The third-order valence-corrected chi connectivity index (χ3v) is 4.08. The van der Waals surface area contributed by atoms with Crippen molar-refractivity contribution >= 4 is 0 Å². The second kappa shape index (κ2) is 5.80. The number of nitrogens with zero attached hydrogens (tertiary/aromatic N) is 1. The molecule has 0 radical (unpaired) electrons. The summed E-state index contributed by atoms with van der Waals surface area (Å²) in [6, 6.07) is 9.33. The van der Waals surface area contributed by atoms with Gasteiger partial charge in [-0.25, -0.2) is 4.98 Å². The highest BCUT2D eigenvalue weighted by Crippen LogP contribution is 2.30. The molecule has 3 rings (SSSR count). The van der Waals surface area contributed by atoms with Gasteiger partial charge in [0.2, 0.25) is 5.89 Å². The van der Waals surface area contributed by atoms with Crippen molar-refractivity contribution < 1.29 is 4.42 Å². The Morgan fingerprint density at radius 3 is 2.95 bits per heavy atom. The molecule has 0 saturated heterocycles. The lowest BCUT2D eigenvalue weighted by Crippen LogP contribution is -2.25. The molecule has 0 bridgehead atoms. The van der Waals surface area contributed by atoms with E-state index in [-0.39, 0.29) is 6.04 Å². The smallest absolute Gasteiger partial charge is 0.211 e. The molecule has 2 unspecified atom stereocenters. The van der Waals surface area contributed by atoms with E-state index < -0.39 is 0 Å². The largest absolute Gasteiger partial charge is 0.444 e. The number of rotatable bonds is 3. The van der Waals surface area contributed by atoms with E-state index in [1.165, 1.54) is 36.8 Å². The average molecular weight is 270 g/mol. The Balaban J connectivity index is 1.80. The molecule has 0 aliphatic heterocycles. The van der Waals surface area contributed by atoms with Crippen LogP contribution in [0.3, 0.4) is 0 Å². The number of hydrogen-bond donors (Lipinski definition) is 1. The summed E-state index contributed by atoms with van der Waals surface area (Å²) in [6.45, 7) is 4.06. The van der Waals surface area contributed by atoms with E-state index in [1.807, 2.05) is 6.92 Å². The molecule has 20 heavy (non-hydrogen) atoms. The highest BCUT2D eigenvalue weighted by atomic mass is 16.4. The lowest BCUT2D eigenvalue weighted by Gasteiger charge is -2.22. The molecule has 106 valence electrons. The molecule has 1 aliphatic carbocycles. The fourth-order valence-electron chi connectivity index (χ4n) is 3.04. The third-order valence-electron chi connectivity index (χ3n) is 4.08. The van der Waals surface area contributed by atoms with Gasteiger partial charge in [0.05, 0.1) is 12.2 Å². The van der Waals surface area contributed by atoms with Gasteiger partial charge < -0.3 is 4.42 Å². The van der Waals surface area contributed by atoms with Crippen LogP contribution in [-0.4, -0.2) is 4.98 Å². The number of nitrogens with one attached hydrogen (secondary N) is 1. The van der Waals surface area contributed by atoms with E-state index in [2.05, 4.69) is 41.5 Å². The molecule has 2 atom stereocenters. The summed E-state index contributed by atoms with van der Waals surface area (Å²) in [4.78, 5) is 4.33. The van der Waals surface area contributed by atoms with Gasteiger partial charge in [-0.3, -0.25) is 5.32 Å². The molecule has 0 fully saturated rings. The van der Waals surface area contributed by atoms with Gasteiger partial charge in [-0.2, -0.15) is 0 Å². The highest BCUT2D eigenvalue weighted by Gasteiger charge is 2.21. The Morgan fingerprint density at radius 1 is 1.30 bits per heavy atom. The number of hydrogen-bond acceptors (Lipinski definition) is 3. The first kappa shape index (κ1) is 13.4. The van der Waals surface area contributed by atoms with Gasteiger partial charge in [0, 0.05) is 6.04 Å². The maximum atomic E-state index is 5.63. The van der Waals surface area contributed by atoms with Crippen molar-refractivity contribution in [3.63, 3.8) is 0 Å². The zero-order valence-corrected chi connectivity index (χ0v) is 12.2. The molecule has 0 saturated carbocycles. The standard InChI is InChI=1S/C17H22N2O/c1-12-11-18-17(20-12)13(2)19-16-10-6-4-8-14-7-3-5-9-15(14)16/h3,5,7,9,11,13,16,19H,4,6,8,10H2,1-2H3. The van der Waals surface area contributed by atoms with Crippen LogP contribution in [0.5, 0.6) is 0 Å². The number of fused-ring (bicyclic) bond motifs is 1. The molecule has 3 nitrogen and oxygen atoms in total. The minimum Gasteiger partial charge on any atom is -0.444 e. The lowest BCUT2D eigenvalue weighted by atomic mass is 9.98. The molecule has 0 amide bonds. The number of aromatic nitrogens is 1. The van der Waals surface area contributed by atoms with Gasteiger partial charge in [-0.1, -0.05) is 30.7 Å². The fraction of sp³-hybridized carbons (Fsp3) is 0.471. The molecular weight excluding hydrogens is 248 g/mol. The van der Waals surface area contributed by atoms with E-state index >= 15 is 0 Å². The zero-order chi connectivity index (χ0) is 13.9. The summed E-state index contributed by atoms with van der Waals surface area (Å²) in [7, 11) is 0. The monoisotopic (exact) mass is 270 g/mol.